The first-order chi connectivity index (χ1) is 12.2. The summed E-state index contributed by atoms with van der Waals surface area (Å²) in [5, 5.41) is 7.89. The third kappa shape index (κ3) is 36.4. The summed E-state index contributed by atoms with van der Waals surface area (Å²) >= 11 is 4.20. The number of carbonyl (C=O) groups excluding carboxylic acids is 1. The molecule has 0 bridgehead atoms. The van der Waals surface area contributed by atoms with Crippen molar-refractivity contribution < 1.29 is 19.4 Å². The lowest BCUT2D eigenvalue weighted by Gasteiger charge is -2.00. The van der Waals surface area contributed by atoms with E-state index in [9.17, 15) is 9.59 Å². The predicted molar refractivity (Wildman–Crippen MR) is 120 cm³/mol. The maximum Gasteiger partial charge on any atom is 0.332 e. The minimum Gasteiger partial charge on any atom is -0.478 e. The summed E-state index contributed by atoms with van der Waals surface area (Å²) in [6.45, 7) is 11.8. The maximum absolute atomic E-state index is 10.2. The number of hydrogen-bond acceptors (Lipinski definition) is 5. The maximum atomic E-state index is 10.2. The van der Waals surface area contributed by atoms with Crippen LogP contribution in [0.15, 0.2) is 24.3 Å². The fraction of sp³-hybridized carbons (Fsp3) is 0.714. The van der Waals surface area contributed by atoms with Gasteiger partial charge in [-0.2, -0.15) is 12.6 Å². The number of unbranched alkanes of at least 4 members (excludes halogenated alkanes) is 9. The lowest BCUT2D eigenvalue weighted by Crippen LogP contribution is -1.98. The standard InChI is InChI=1S/C12H26S.C5H8O2.C4H6O2.H3N/c1-2-3-4-5-6-7-8-9-10-11-12-13;1-4(2)5(6)7-3;1-3(2)4(5)6;/h13H,2-12H2,1H3;1H2,2-3H3;1H2,2H3,(H,5,6);1H3. The number of esters is 1. The average molecular weight is 406 g/mol. The van der Waals surface area contributed by atoms with E-state index in [2.05, 4.69) is 37.4 Å². The van der Waals surface area contributed by atoms with Crippen LogP contribution in [-0.2, 0) is 14.3 Å². The van der Waals surface area contributed by atoms with Crippen LogP contribution in [0.1, 0.15) is 85.0 Å². The highest BCUT2D eigenvalue weighted by molar-refractivity contribution is 7.80. The van der Waals surface area contributed by atoms with E-state index < -0.39 is 5.97 Å². The third-order valence-corrected chi connectivity index (χ3v) is 3.73. The van der Waals surface area contributed by atoms with Crippen molar-refractivity contribution in [3.63, 3.8) is 0 Å². The Balaban J connectivity index is -0.000000160. The molecule has 0 saturated heterocycles. The van der Waals surface area contributed by atoms with Crippen molar-refractivity contribution in [1.82, 2.24) is 6.15 Å². The lowest BCUT2D eigenvalue weighted by molar-refractivity contribution is -0.136. The zero-order valence-corrected chi connectivity index (χ0v) is 18.9. The van der Waals surface area contributed by atoms with Crippen LogP contribution in [0.3, 0.4) is 0 Å². The molecule has 0 aliphatic rings. The molecule has 0 radical (unpaired) electrons. The smallest absolute Gasteiger partial charge is 0.332 e. The van der Waals surface area contributed by atoms with E-state index in [4.69, 9.17) is 5.11 Å². The summed E-state index contributed by atoms with van der Waals surface area (Å²) in [7, 11) is 1.33. The summed E-state index contributed by atoms with van der Waals surface area (Å²) in [4.78, 5) is 19.8. The summed E-state index contributed by atoms with van der Waals surface area (Å²) in [5.41, 5.74) is 0.609. The van der Waals surface area contributed by atoms with Crippen molar-refractivity contribution in [3.05, 3.63) is 24.3 Å². The Morgan fingerprint density at radius 3 is 1.37 bits per heavy atom. The second-order valence-electron chi connectivity index (χ2n) is 6.26. The first-order valence-corrected chi connectivity index (χ1v) is 10.1. The minimum absolute atomic E-state index is 0. The van der Waals surface area contributed by atoms with Gasteiger partial charge in [-0.3, -0.25) is 0 Å². The number of carboxylic acid groups (broad SMARTS) is 1. The largest absolute Gasteiger partial charge is 0.478 e. The van der Waals surface area contributed by atoms with Gasteiger partial charge in [-0.25, -0.2) is 9.59 Å². The van der Waals surface area contributed by atoms with E-state index in [1.165, 1.54) is 78.2 Å². The number of methoxy groups -OCH3 is 1. The van der Waals surface area contributed by atoms with Gasteiger partial charge in [0, 0.05) is 11.1 Å². The lowest BCUT2D eigenvalue weighted by atomic mass is 10.1. The quantitative estimate of drug-likeness (QED) is 0.151. The van der Waals surface area contributed by atoms with E-state index in [0.717, 1.165) is 5.75 Å². The average Bonchev–Trinajstić information content (AvgIpc) is 2.60. The van der Waals surface area contributed by atoms with Crippen LogP contribution in [0.4, 0.5) is 0 Å². The minimum atomic E-state index is -0.935. The molecule has 0 saturated carbocycles. The van der Waals surface area contributed by atoms with Crippen LogP contribution in [0, 0.1) is 0 Å². The van der Waals surface area contributed by atoms with Crippen LogP contribution in [0.25, 0.3) is 0 Å². The normalized spacial score (nSPS) is 8.78. The second kappa shape index (κ2) is 27.0. The summed E-state index contributed by atoms with van der Waals surface area (Å²) in [6.07, 6.45) is 14.2. The third-order valence-electron chi connectivity index (χ3n) is 3.41. The van der Waals surface area contributed by atoms with Gasteiger partial charge in [-0.1, -0.05) is 77.9 Å². The highest BCUT2D eigenvalue weighted by Gasteiger charge is 1.95. The van der Waals surface area contributed by atoms with Crippen LogP contribution in [0.5, 0.6) is 0 Å². The molecule has 0 rings (SSSR count). The number of hydrogen-bond donors (Lipinski definition) is 3. The van der Waals surface area contributed by atoms with Gasteiger partial charge in [0.2, 0.25) is 0 Å². The Labute approximate surface area is 172 Å². The zero-order chi connectivity index (χ0) is 20.8. The van der Waals surface area contributed by atoms with Crippen molar-refractivity contribution in [3.8, 4) is 0 Å². The van der Waals surface area contributed by atoms with Gasteiger partial charge in [0.15, 0.2) is 0 Å². The number of rotatable bonds is 12. The van der Waals surface area contributed by atoms with Gasteiger partial charge >= 0.3 is 11.9 Å². The Hall–Kier alpha value is -1.27. The van der Waals surface area contributed by atoms with Crippen LogP contribution >= 0.6 is 12.6 Å². The van der Waals surface area contributed by atoms with E-state index in [-0.39, 0.29) is 17.7 Å². The molecule has 0 fully saturated rings. The van der Waals surface area contributed by atoms with Crippen LogP contribution in [0.2, 0.25) is 0 Å². The molecule has 5 nitrogen and oxygen atoms in total. The van der Waals surface area contributed by atoms with Crippen LogP contribution in [-0.4, -0.2) is 29.9 Å². The Kier molecular flexibility index (Phi) is 33.3. The molecule has 0 aliphatic carbocycles. The fourth-order valence-electron chi connectivity index (χ4n) is 1.77. The number of carbonyl (C=O) groups is 2. The van der Waals surface area contributed by atoms with Crippen molar-refractivity contribution in [2.24, 2.45) is 0 Å². The number of thiol groups is 1. The molecule has 4 N–H and O–H groups in total. The molecule has 0 aromatic heterocycles. The first-order valence-electron chi connectivity index (χ1n) is 9.47. The molecule has 0 unspecified atom stereocenters. The van der Waals surface area contributed by atoms with E-state index in [1.54, 1.807) is 6.92 Å². The molecule has 0 aliphatic heterocycles. The van der Waals surface area contributed by atoms with Crippen molar-refractivity contribution >= 4 is 24.6 Å². The molecule has 0 aromatic rings. The Bertz CT molecular complexity index is 362. The number of ether oxygens (including phenoxy) is 1. The van der Waals surface area contributed by atoms with Gasteiger partial charge in [0.25, 0.3) is 0 Å². The number of carboxylic acids is 1. The van der Waals surface area contributed by atoms with Gasteiger partial charge in [0.05, 0.1) is 7.11 Å². The highest BCUT2D eigenvalue weighted by atomic mass is 32.1. The van der Waals surface area contributed by atoms with E-state index in [1.807, 2.05) is 0 Å². The predicted octanol–water partition coefficient (Wildman–Crippen LogP) is 6.38. The summed E-state index contributed by atoms with van der Waals surface area (Å²) in [5.74, 6) is -0.216. The Morgan fingerprint density at radius 1 is 0.852 bits per heavy atom. The number of aliphatic carboxylic acids is 1. The molecular formula is C21H43NO4S. The zero-order valence-electron chi connectivity index (χ0n) is 18.0. The summed E-state index contributed by atoms with van der Waals surface area (Å²) in [6, 6.07) is 0. The molecule has 162 valence electrons. The molecular weight excluding hydrogens is 362 g/mol. The highest BCUT2D eigenvalue weighted by Crippen LogP contribution is 2.10. The van der Waals surface area contributed by atoms with Crippen molar-refractivity contribution in [2.75, 3.05) is 12.9 Å². The van der Waals surface area contributed by atoms with Crippen molar-refractivity contribution in [2.45, 2.75) is 85.0 Å². The van der Waals surface area contributed by atoms with E-state index >= 15 is 0 Å². The molecule has 6 heteroatoms. The van der Waals surface area contributed by atoms with Gasteiger partial charge < -0.3 is 16.0 Å². The van der Waals surface area contributed by atoms with Gasteiger partial charge in [-0.05, 0) is 26.0 Å². The monoisotopic (exact) mass is 405 g/mol. The molecule has 0 aromatic carbocycles. The van der Waals surface area contributed by atoms with Gasteiger partial charge in [0.1, 0.15) is 0 Å². The second-order valence-corrected chi connectivity index (χ2v) is 6.71. The molecule has 27 heavy (non-hydrogen) atoms. The van der Waals surface area contributed by atoms with Gasteiger partial charge in [-0.15, -0.1) is 0 Å². The molecule has 0 heterocycles. The molecule has 0 spiro atoms. The molecule has 0 amide bonds. The van der Waals surface area contributed by atoms with Crippen molar-refractivity contribution in [1.29, 1.82) is 0 Å². The SMILES string of the molecule is C=C(C)C(=O)O.C=C(C)C(=O)OC.CCCCCCCCCCCCS.N. The van der Waals surface area contributed by atoms with Crippen LogP contribution < -0.4 is 6.15 Å². The topological polar surface area (TPSA) is 98.6 Å². The Morgan fingerprint density at radius 2 is 1.19 bits per heavy atom. The molecule has 0 atom stereocenters. The van der Waals surface area contributed by atoms with E-state index in [0.29, 0.717) is 5.57 Å². The summed E-state index contributed by atoms with van der Waals surface area (Å²) < 4.78 is 4.27. The first kappa shape index (κ1) is 33.3. The fourth-order valence-corrected chi connectivity index (χ4v) is 2.00.